The van der Waals surface area contributed by atoms with Crippen LogP contribution in [0.15, 0.2) is 40.9 Å². The topological polar surface area (TPSA) is 85.1 Å². The Labute approximate surface area is 103 Å². The smallest absolute Gasteiger partial charge is 0.271 e. The number of anilines is 1. The second-order valence-corrected chi connectivity index (χ2v) is 6.35. The summed E-state index contributed by atoms with van der Waals surface area (Å²) in [5.74, 6) is 0. The van der Waals surface area contributed by atoms with Gasteiger partial charge in [0, 0.05) is 17.6 Å². The Balaban J connectivity index is 2.25. The van der Waals surface area contributed by atoms with Crippen LogP contribution in [-0.4, -0.2) is 13.4 Å². The van der Waals surface area contributed by atoms with Crippen LogP contribution in [0.3, 0.4) is 0 Å². The molecule has 17 heavy (non-hydrogen) atoms. The van der Waals surface area contributed by atoms with Crippen molar-refractivity contribution in [3.8, 4) is 0 Å². The van der Waals surface area contributed by atoms with Gasteiger partial charge in [-0.2, -0.15) is 0 Å². The summed E-state index contributed by atoms with van der Waals surface area (Å²) < 4.78 is 26.6. The van der Waals surface area contributed by atoms with Crippen molar-refractivity contribution in [2.45, 2.75) is 10.8 Å². The van der Waals surface area contributed by atoms with Crippen LogP contribution in [0, 0.1) is 0 Å². The molecule has 0 unspecified atom stereocenters. The van der Waals surface area contributed by atoms with Crippen molar-refractivity contribution in [3.05, 3.63) is 41.5 Å². The van der Waals surface area contributed by atoms with Gasteiger partial charge >= 0.3 is 0 Å². The molecule has 0 spiro atoms. The van der Waals surface area contributed by atoms with E-state index in [9.17, 15) is 8.42 Å². The second-order valence-electron chi connectivity index (χ2n) is 3.27. The lowest BCUT2D eigenvalue weighted by atomic mass is 10.4. The van der Waals surface area contributed by atoms with E-state index in [4.69, 9.17) is 5.73 Å². The number of sulfonamides is 1. The maximum Gasteiger partial charge on any atom is 0.271 e. The highest BCUT2D eigenvalue weighted by Crippen LogP contribution is 2.23. The quantitative estimate of drug-likeness (QED) is 0.878. The first kappa shape index (κ1) is 12.0. The van der Waals surface area contributed by atoms with Crippen molar-refractivity contribution >= 4 is 27.0 Å². The molecule has 0 amide bonds. The van der Waals surface area contributed by atoms with Gasteiger partial charge in [0.25, 0.3) is 10.0 Å². The van der Waals surface area contributed by atoms with Gasteiger partial charge in [-0.25, -0.2) is 8.42 Å². The number of nitrogens with zero attached hydrogens (tertiary/aromatic N) is 1. The van der Waals surface area contributed by atoms with E-state index < -0.39 is 10.0 Å². The summed E-state index contributed by atoms with van der Waals surface area (Å²) in [7, 11) is -3.53. The molecule has 0 saturated heterocycles. The van der Waals surface area contributed by atoms with Gasteiger partial charge < -0.3 is 5.73 Å². The molecular weight excluding hydrogens is 258 g/mol. The van der Waals surface area contributed by atoms with Crippen LogP contribution in [0.2, 0.25) is 0 Å². The Morgan fingerprint density at radius 1 is 1.35 bits per heavy atom. The number of thiophene rings is 1. The fraction of sp³-hybridized carbons (Fsp3) is 0.100. The molecule has 2 rings (SSSR count). The van der Waals surface area contributed by atoms with Crippen molar-refractivity contribution in [2.75, 3.05) is 4.72 Å². The molecule has 0 aliphatic heterocycles. The SMILES string of the molecule is NCc1ccc(S(=O)(=O)Nc2cccnc2)s1. The Bertz CT molecular complexity index is 593. The molecule has 2 aromatic heterocycles. The van der Waals surface area contributed by atoms with E-state index in [1.807, 2.05) is 0 Å². The van der Waals surface area contributed by atoms with Crippen molar-refractivity contribution in [3.63, 3.8) is 0 Å². The molecular formula is C10H11N3O2S2. The number of hydrogen-bond acceptors (Lipinski definition) is 5. The second kappa shape index (κ2) is 4.82. The molecule has 0 aliphatic carbocycles. The Morgan fingerprint density at radius 3 is 2.76 bits per heavy atom. The molecule has 0 saturated carbocycles. The number of pyridine rings is 1. The lowest BCUT2D eigenvalue weighted by molar-refractivity contribution is 0.603. The molecule has 0 aromatic carbocycles. The monoisotopic (exact) mass is 269 g/mol. The predicted molar refractivity (Wildman–Crippen MR) is 67.3 cm³/mol. The highest BCUT2D eigenvalue weighted by molar-refractivity contribution is 7.94. The van der Waals surface area contributed by atoms with Crippen LogP contribution in [-0.2, 0) is 16.6 Å². The number of nitrogens with two attached hydrogens (primary N) is 1. The molecule has 2 heterocycles. The summed E-state index contributed by atoms with van der Waals surface area (Å²) in [6, 6.07) is 6.56. The molecule has 3 N–H and O–H groups in total. The summed E-state index contributed by atoms with van der Waals surface area (Å²) in [4.78, 5) is 4.67. The lowest BCUT2D eigenvalue weighted by Gasteiger charge is -2.04. The average Bonchev–Trinajstić information content (AvgIpc) is 2.79. The molecule has 0 bridgehead atoms. The largest absolute Gasteiger partial charge is 0.326 e. The van der Waals surface area contributed by atoms with Crippen LogP contribution < -0.4 is 10.5 Å². The molecule has 2 aromatic rings. The third kappa shape index (κ3) is 2.82. The zero-order chi connectivity index (χ0) is 12.3. The van der Waals surface area contributed by atoms with Crippen molar-refractivity contribution in [1.82, 2.24) is 4.98 Å². The van der Waals surface area contributed by atoms with E-state index in [0.29, 0.717) is 12.2 Å². The first-order valence-electron chi connectivity index (χ1n) is 4.83. The molecule has 7 heteroatoms. The van der Waals surface area contributed by atoms with E-state index in [0.717, 1.165) is 16.2 Å². The highest BCUT2D eigenvalue weighted by atomic mass is 32.2. The van der Waals surface area contributed by atoms with Gasteiger partial charge in [-0.3, -0.25) is 9.71 Å². The van der Waals surface area contributed by atoms with Gasteiger partial charge in [0.15, 0.2) is 0 Å². The lowest BCUT2D eigenvalue weighted by Crippen LogP contribution is -2.11. The summed E-state index contributed by atoms with van der Waals surface area (Å²) in [5, 5.41) is 0. The molecule has 0 radical (unpaired) electrons. The summed E-state index contributed by atoms with van der Waals surface area (Å²) in [6.45, 7) is 0.340. The van der Waals surface area contributed by atoms with E-state index in [-0.39, 0.29) is 4.21 Å². The summed E-state index contributed by atoms with van der Waals surface area (Å²) in [6.07, 6.45) is 3.03. The maximum atomic E-state index is 12.0. The van der Waals surface area contributed by atoms with Crippen LogP contribution in [0.25, 0.3) is 0 Å². The minimum Gasteiger partial charge on any atom is -0.326 e. The van der Waals surface area contributed by atoms with E-state index in [2.05, 4.69) is 9.71 Å². The maximum absolute atomic E-state index is 12.0. The van der Waals surface area contributed by atoms with Crippen LogP contribution in [0.1, 0.15) is 4.88 Å². The zero-order valence-corrected chi connectivity index (χ0v) is 10.5. The van der Waals surface area contributed by atoms with Gasteiger partial charge in [0.1, 0.15) is 4.21 Å². The number of nitrogens with one attached hydrogen (secondary N) is 1. The van der Waals surface area contributed by atoms with E-state index in [1.54, 1.807) is 30.5 Å². The minimum absolute atomic E-state index is 0.252. The van der Waals surface area contributed by atoms with Crippen molar-refractivity contribution in [2.24, 2.45) is 5.73 Å². The fourth-order valence-electron chi connectivity index (χ4n) is 1.24. The van der Waals surface area contributed by atoms with E-state index in [1.165, 1.54) is 6.20 Å². The molecule has 0 fully saturated rings. The third-order valence-corrected chi connectivity index (χ3v) is 5.00. The highest BCUT2D eigenvalue weighted by Gasteiger charge is 2.16. The van der Waals surface area contributed by atoms with Gasteiger partial charge in [-0.1, -0.05) is 0 Å². The normalized spacial score (nSPS) is 11.4. The Kier molecular flexibility index (Phi) is 3.41. The molecule has 0 aliphatic rings. The van der Waals surface area contributed by atoms with Gasteiger partial charge in [0.2, 0.25) is 0 Å². The van der Waals surface area contributed by atoms with Crippen molar-refractivity contribution in [1.29, 1.82) is 0 Å². The molecule has 90 valence electrons. The van der Waals surface area contributed by atoms with Crippen molar-refractivity contribution < 1.29 is 8.42 Å². The van der Waals surface area contributed by atoms with E-state index >= 15 is 0 Å². The first-order chi connectivity index (χ1) is 8.12. The summed E-state index contributed by atoms with van der Waals surface area (Å²) in [5.41, 5.74) is 5.88. The predicted octanol–water partition coefficient (Wildman–Crippen LogP) is 1.40. The standard InChI is InChI=1S/C10H11N3O2S2/c11-6-9-3-4-10(16-9)17(14,15)13-8-2-1-5-12-7-8/h1-5,7,13H,6,11H2. The Morgan fingerprint density at radius 2 is 2.18 bits per heavy atom. The van der Waals surface area contributed by atoms with Crippen LogP contribution >= 0.6 is 11.3 Å². The minimum atomic E-state index is -3.53. The zero-order valence-electron chi connectivity index (χ0n) is 8.83. The number of rotatable bonds is 4. The van der Waals surface area contributed by atoms with Crippen LogP contribution in [0.4, 0.5) is 5.69 Å². The first-order valence-corrected chi connectivity index (χ1v) is 7.13. The average molecular weight is 269 g/mol. The molecule has 0 atom stereocenters. The molecule has 5 nitrogen and oxygen atoms in total. The van der Waals surface area contributed by atoms with Crippen LogP contribution in [0.5, 0.6) is 0 Å². The van der Waals surface area contributed by atoms with Gasteiger partial charge in [0.05, 0.1) is 11.9 Å². The van der Waals surface area contributed by atoms with Gasteiger partial charge in [-0.15, -0.1) is 11.3 Å². The Hall–Kier alpha value is -1.44. The third-order valence-electron chi connectivity index (χ3n) is 2.02. The number of hydrogen-bond donors (Lipinski definition) is 2. The van der Waals surface area contributed by atoms with Gasteiger partial charge in [-0.05, 0) is 24.3 Å². The summed E-state index contributed by atoms with van der Waals surface area (Å²) >= 11 is 1.16. The fourth-order valence-corrected chi connectivity index (χ4v) is 3.52. The number of aromatic nitrogens is 1.